The molecule has 1 atom stereocenters. The number of aliphatic hydroxyl groups is 1. The molecule has 0 heterocycles. The fraction of sp³-hybridized carbons (Fsp3) is 0.455. The van der Waals surface area contributed by atoms with Gasteiger partial charge in [-0.1, -0.05) is 17.6 Å². The average molecular weight is 282 g/mol. The van der Waals surface area contributed by atoms with Crippen LogP contribution in [0.2, 0.25) is 0 Å². The van der Waals surface area contributed by atoms with Crippen molar-refractivity contribution in [1.29, 1.82) is 0 Å². The number of alkyl halides is 5. The van der Waals surface area contributed by atoms with Crippen molar-refractivity contribution in [2.75, 3.05) is 6.61 Å². The second-order valence-corrected chi connectivity index (χ2v) is 4.14. The summed E-state index contributed by atoms with van der Waals surface area (Å²) in [7, 11) is 1.78. The standard InChI is InChI=1S/C11H12BF5O2/c12-7-1-3-8(4-2-7)19-9(6-18)5-10(13,14)11(15,16)17/h1-4,9,18H,5-6,12H2. The van der Waals surface area contributed by atoms with Crippen LogP contribution in [-0.2, 0) is 0 Å². The molecular formula is C11H12BF5O2. The molecule has 1 aromatic carbocycles. The molecule has 19 heavy (non-hydrogen) atoms. The van der Waals surface area contributed by atoms with Crippen LogP contribution in [0.15, 0.2) is 24.3 Å². The van der Waals surface area contributed by atoms with Crippen LogP contribution >= 0.6 is 0 Å². The molecule has 8 heteroatoms. The molecule has 0 saturated carbocycles. The third kappa shape index (κ3) is 4.38. The van der Waals surface area contributed by atoms with Gasteiger partial charge in [0.05, 0.1) is 13.0 Å². The molecule has 0 spiro atoms. The molecule has 0 amide bonds. The van der Waals surface area contributed by atoms with Gasteiger partial charge in [-0.3, -0.25) is 0 Å². The summed E-state index contributed by atoms with van der Waals surface area (Å²) in [6.07, 6.45) is -8.91. The van der Waals surface area contributed by atoms with E-state index in [2.05, 4.69) is 0 Å². The Kier molecular flexibility index (Phi) is 4.78. The fourth-order valence-electron chi connectivity index (χ4n) is 1.35. The third-order valence-corrected chi connectivity index (χ3v) is 2.43. The Morgan fingerprint density at radius 1 is 1.11 bits per heavy atom. The number of hydrogen-bond acceptors (Lipinski definition) is 2. The lowest BCUT2D eigenvalue weighted by Gasteiger charge is -2.24. The predicted octanol–water partition coefficient (Wildman–Crippen LogP) is 1.27. The maximum absolute atomic E-state index is 12.8. The van der Waals surface area contributed by atoms with Crippen LogP contribution in [0.25, 0.3) is 0 Å². The Morgan fingerprint density at radius 2 is 1.63 bits per heavy atom. The molecule has 0 aliphatic carbocycles. The van der Waals surface area contributed by atoms with Crippen molar-refractivity contribution in [3.63, 3.8) is 0 Å². The molecule has 1 N–H and O–H groups in total. The molecule has 0 aliphatic rings. The van der Waals surface area contributed by atoms with E-state index in [0.717, 1.165) is 5.46 Å². The smallest absolute Gasteiger partial charge is 0.453 e. The lowest BCUT2D eigenvalue weighted by atomic mass is 9.97. The molecule has 0 aromatic heterocycles. The maximum atomic E-state index is 12.8. The zero-order chi connectivity index (χ0) is 14.7. The van der Waals surface area contributed by atoms with Crippen LogP contribution in [0, 0.1) is 0 Å². The van der Waals surface area contributed by atoms with Crippen LogP contribution in [0.1, 0.15) is 6.42 Å². The number of aliphatic hydroxyl groups excluding tert-OH is 1. The van der Waals surface area contributed by atoms with Crippen molar-refractivity contribution in [3.8, 4) is 5.75 Å². The van der Waals surface area contributed by atoms with E-state index in [9.17, 15) is 22.0 Å². The molecule has 1 aromatic rings. The largest absolute Gasteiger partial charge is 0.488 e. The number of halogens is 5. The second kappa shape index (κ2) is 5.77. The van der Waals surface area contributed by atoms with E-state index in [4.69, 9.17) is 9.84 Å². The maximum Gasteiger partial charge on any atom is 0.453 e. The summed E-state index contributed by atoms with van der Waals surface area (Å²) < 4.78 is 66.7. The molecule has 0 bridgehead atoms. The molecule has 1 rings (SSSR count). The summed E-state index contributed by atoms with van der Waals surface area (Å²) in [4.78, 5) is 0. The highest BCUT2D eigenvalue weighted by atomic mass is 19.4. The van der Waals surface area contributed by atoms with E-state index in [-0.39, 0.29) is 5.75 Å². The van der Waals surface area contributed by atoms with E-state index < -0.39 is 31.2 Å². The van der Waals surface area contributed by atoms with Gasteiger partial charge >= 0.3 is 12.1 Å². The molecule has 0 aliphatic heterocycles. The zero-order valence-corrected chi connectivity index (χ0v) is 10.0. The van der Waals surface area contributed by atoms with Gasteiger partial charge in [-0.15, -0.1) is 0 Å². The first-order chi connectivity index (χ1) is 8.65. The minimum absolute atomic E-state index is 0.127. The van der Waals surface area contributed by atoms with Crippen molar-refractivity contribution in [3.05, 3.63) is 24.3 Å². The van der Waals surface area contributed by atoms with Crippen LogP contribution in [-0.4, -0.2) is 37.8 Å². The number of benzene rings is 1. The van der Waals surface area contributed by atoms with Gasteiger partial charge in [0.15, 0.2) is 0 Å². The molecule has 106 valence electrons. The van der Waals surface area contributed by atoms with Crippen molar-refractivity contribution in [2.45, 2.75) is 24.6 Å². The van der Waals surface area contributed by atoms with E-state index in [1.165, 1.54) is 12.1 Å². The van der Waals surface area contributed by atoms with Crippen molar-refractivity contribution >= 4 is 13.3 Å². The van der Waals surface area contributed by atoms with Gasteiger partial charge in [0.1, 0.15) is 19.7 Å². The normalized spacial score (nSPS) is 14.2. The second-order valence-electron chi connectivity index (χ2n) is 4.14. The molecule has 0 fully saturated rings. The van der Waals surface area contributed by atoms with Gasteiger partial charge in [0.25, 0.3) is 0 Å². The minimum Gasteiger partial charge on any atom is -0.488 e. The van der Waals surface area contributed by atoms with Gasteiger partial charge in [0.2, 0.25) is 0 Å². The Morgan fingerprint density at radius 3 is 2.05 bits per heavy atom. The summed E-state index contributed by atoms with van der Waals surface area (Å²) in [5.74, 6) is -4.77. The first kappa shape index (κ1) is 15.8. The van der Waals surface area contributed by atoms with Crippen molar-refractivity contribution in [2.24, 2.45) is 0 Å². The van der Waals surface area contributed by atoms with Crippen LogP contribution in [0.4, 0.5) is 22.0 Å². The lowest BCUT2D eigenvalue weighted by Crippen LogP contribution is -2.42. The Hall–Kier alpha value is -1.31. The summed E-state index contributed by atoms with van der Waals surface area (Å²) in [6, 6.07) is 6.10. The predicted molar refractivity (Wildman–Crippen MR) is 61.7 cm³/mol. The highest BCUT2D eigenvalue weighted by Gasteiger charge is 2.58. The van der Waals surface area contributed by atoms with E-state index in [1.807, 2.05) is 0 Å². The molecular weight excluding hydrogens is 270 g/mol. The Balaban J connectivity index is 2.72. The summed E-state index contributed by atoms with van der Waals surface area (Å²) in [5, 5.41) is 8.85. The number of hydrogen-bond donors (Lipinski definition) is 1. The van der Waals surface area contributed by atoms with Crippen molar-refractivity contribution < 1.29 is 31.8 Å². The van der Waals surface area contributed by atoms with Gasteiger partial charge < -0.3 is 9.84 Å². The Labute approximate surface area is 107 Å². The van der Waals surface area contributed by atoms with Gasteiger partial charge in [-0.05, 0) is 12.1 Å². The van der Waals surface area contributed by atoms with Crippen molar-refractivity contribution in [1.82, 2.24) is 0 Å². The van der Waals surface area contributed by atoms with Gasteiger partial charge in [0, 0.05) is 0 Å². The number of ether oxygens (including phenoxy) is 1. The monoisotopic (exact) mass is 282 g/mol. The quantitative estimate of drug-likeness (QED) is 0.651. The zero-order valence-electron chi connectivity index (χ0n) is 10.0. The molecule has 1 unspecified atom stereocenters. The lowest BCUT2D eigenvalue weighted by molar-refractivity contribution is -0.290. The van der Waals surface area contributed by atoms with E-state index >= 15 is 0 Å². The van der Waals surface area contributed by atoms with E-state index in [0.29, 0.717) is 0 Å². The molecule has 0 radical (unpaired) electrons. The fourth-order valence-corrected chi connectivity index (χ4v) is 1.35. The average Bonchev–Trinajstić information content (AvgIpc) is 2.29. The Bertz CT molecular complexity index is 405. The first-order valence-corrected chi connectivity index (χ1v) is 5.44. The highest BCUT2D eigenvalue weighted by Crippen LogP contribution is 2.39. The van der Waals surface area contributed by atoms with Crippen LogP contribution in [0.5, 0.6) is 5.75 Å². The third-order valence-electron chi connectivity index (χ3n) is 2.43. The first-order valence-electron chi connectivity index (χ1n) is 5.44. The van der Waals surface area contributed by atoms with Crippen LogP contribution < -0.4 is 10.2 Å². The highest BCUT2D eigenvalue weighted by molar-refractivity contribution is 6.32. The SMILES string of the molecule is Bc1ccc(OC(CO)CC(F)(F)C(F)(F)F)cc1. The number of rotatable bonds is 5. The topological polar surface area (TPSA) is 29.5 Å². The van der Waals surface area contributed by atoms with Crippen LogP contribution in [0.3, 0.4) is 0 Å². The van der Waals surface area contributed by atoms with Gasteiger partial charge in [-0.2, -0.15) is 22.0 Å². The minimum atomic E-state index is -5.66. The van der Waals surface area contributed by atoms with Gasteiger partial charge in [-0.25, -0.2) is 0 Å². The summed E-state index contributed by atoms with van der Waals surface area (Å²) in [6.45, 7) is -0.931. The molecule has 0 saturated heterocycles. The summed E-state index contributed by atoms with van der Waals surface area (Å²) >= 11 is 0. The van der Waals surface area contributed by atoms with E-state index in [1.54, 1.807) is 20.0 Å². The molecule has 2 nitrogen and oxygen atoms in total. The summed E-state index contributed by atoms with van der Waals surface area (Å²) in [5.41, 5.74) is 0.883.